The molecule has 0 spiro atoms. The number of aromatic nitrogens is 3. The minimum Gasteiger partial charge on any atom is -0.480 e. The maximum atomic E-state index is 12.0. The Bertz CT molecular complexity index is 876. The predicted molar refractivity (Wildman–Crippen MR) is 93.1 cm³/mol. The first kappa shape index (κ1) is 16.0. The molecule has 0 aliphatic carbocycles. The van der Waals surface area contributed by atoms with Crippen LogP contribution in [0.4, 0.5) is 5.69 Å². The highest BCUT2D eigenvalue weighted by Crippen LogP contribution is 2.23. The smallest absolute Gasteiger partial charge is 0.231 e. The second kappa shape index (κ2) is 5.96. The highest BCUT2D eigenvalue weighted by atomic mass is 16.5. The predicted octanol–water partition coefficient (Wildman–Crippen LogP) is 3.39. The number of imidazole rings is 1. The van der Waals surface area contributed by atoms with Gasteiger partial charge in [0.2, 0.25) is 11.8 Å². The van der Waals surface area contributed by atoms with Gasteiger partial charge in [0.25, 0.3) is 0 Å². The van der Waals surface area contributed by atoms with E-state index >= 15 is 0 Å². The van der Waals surface area contributed by atoms with Gasteiger partial charge in [-0.15, -0.1) is 5.10 Å². The molecule has 0 saturated carbocycles. The molecule has 124 valence electrons. The zero-order valence-corrected chi connectivity index (χ0v) is 14.2. The third-order valence-electron chi connectivity index (χ3n) is 3.62. The summed E-state index contributed by atoms with van der Waals surface area (Å²) < 4.78 is 6.80. The quantitative estimate of drug-likeness (QED) is 0.802. The molecule has 6 heteroatoms. The normalized spacial score (nSPS) is 11.5. The second-order valence-electron chi connectivity index (χ2n) is 6.59. The van der Waals surface area contributed by atoms with Crippen molar-refractivity contribution in [2.75, 3.05) is 12.4 Å². The summed E-state index contributed by atoms with van der Waals surface area (Å²) in [4.78, 5) is 16.6. The standard InChI is InChI=1S/C18H20N4O2/c1-18(2,3)17(23)19-13-7-5-12(6-8-13)14-11-22-15(20-14)9-10-16(21-22)24-4/h5-11H,1-4H3,(H,19,23). The maximum absolute atomic E-state index is 12.0. The molecule has 1 N–H and O–H groups in total. The number of fused-ring (bicyclic) bond motifs is 1. The lowest BCUT2D eigenvalue weighted by molar-refractivity contribution is -0.123. The number of hydrogen-bond acceptors (Lipinski definition) is 4. The summed E-state index contributed by atoms with van der Waals surface area (Å²) >= 11 is 0. The fraction of sp³-hybridized carbons (Fsp3) is 0.278. The van der Waals surface area contributed by atoms with Gasteiger partial charge in [0, 0.05) is 22.7 Å². The molecular formula is C18H20N4O2. The molecule has 0 bridgehead atoms. The topological polar surface area (TPSA) is 68.5 Å². The highest BCUT2D eigenvalue weighted by Gasteiger charge is 2.21. The van der Waals surface area contributed by atoms with E-state index in [-0.39, 0.29) is 5.91 Å². The number of carbonyl (C=O) groups excluding carboxylic acids is 1. The lowest BCUT2D eigenvalue weighted by atomic mass is 9.95. The molecule has 0 aliphatic rings. The molecular weight excluding hydrogens is 304 g/mol. The van der Waals surface area contributed by atoms with Crippen LogP contribution in [0.2, 0.25) is 0 Å². The lowest BCUT2D eigenvalue weighted by Crippen LogP contribution is -2.27. The zero-order valence-electron chi connectivity index (χ0n) is 14.2. The average molecular weight is 324 g/mol. The molecule has 0 radical (unpaired) electrons. The van der Waals surface area contributed by atoms with Crippen molar-refractivity contribution in [3.63, 3.8) is 0 Å². The molecule has 0 fully saturated rings. The van der Waals surface area contributed by atoms with Gasteiger partial charge in [0.05, 0.1) is 19.0 Å². The molecule has 0 saturated heterocycles. The van der Waals surface area contributed by atoms with Gasteiger partial charge >= 0.3 is 0 Å². The first-order valence-corrected chi connectivity index (χ1v) is 7.69. The fourth-order valence-corrected chi connectivity index (χ4v) is 2.16. The average Bonchev–Trinajstić information content (AvgIpc) is 2.97. The minimum absolute atomic E-state index is 0.0146. The van der Waals surface area contributed by atoms with Gasteiger partial charge in [-0.3, -0.25) is 4.79 Å². The maximum Gasteiger partial charge on any atom is 0.231 e. The van der Waals surface area contributed by atoms with Crippen LogP contribution in [0, 0.1) is 5.41 Å². The van der Waals surface area contributed by atoms with E-state index < -0.39 is 5.41 Å². The first-order valence-electron chi connectivity index (χ1n) is 7.69. The Hall–Kier alpha value is -2.89. The number of ether oxygens (including phenoxy) is 1. The number of amides is 1. The van der Waals surface area contributed by atoms with Gasteiger partial charge < -0.3 is 10.1 Å². The van der Waals surface area contributed by atoms with Crippen LogP contribution in [0.15, 0.2) is 42.6 Å². The van der Waals surface area contributed by atoms with Gasteiger partial charge in [-0.05, 0) is 18.2 Å². The van der Waals surface area contributed by atoms with E-state index in [0.29, 0.717) is 5.88 Å². The van der Waals surface area contributed by atoms with Crippen molar-refractivity contribution >= 4 is 17.2 Å². The summed E-state index contributed by atoms with van der Waals surface area (Å²) in [5.74, 6) is 0.519. The Balaban J connectivity index is 1.84. The van der Waals surface area contributed by atoms with Crippen molar-refractivity contribution in [3.8, 4) is 17.1 Å². The Kier molecular flexibility index (Phi) is 3.97. The van der Waals surface area contributed by atoms with E-state index in [0.717, 1.165) is 22.6 Å². The summed E-state index contributed by atoms with van der Waals surface area (Å²) in [6.45, 7) is 5.65. The number of nitrogens with one attached hydrogen (secondary N) is 1. The molecule has 2 heterocycles. The van der Waals surface area contributed by atoms with E-state index in [1.54, 1.807) is 17.7 Å². The number of methoxy groups -OCH3 is 1. The number of benzene rings is 1. The summed E-state index contributed by atoms with van der Waals surface area (Å²) in [5.41, 5.74) is 2.85. The number of nitrogens with zero attached hydrogens (tertiary/aromatic N) is 3. The van der Waals surface area contributed by atoms with Crippen molar-refractivity contribution in [2.24, 2.45) is 5.41 Å². The molecule has 0 aliphatic heterocycles. The van der Waals surface area contributed by atoms with Crippen LogP contribution in [0.25, 0.3) is 16.9 Å². The van der Waals surface area contributed by atoms with Gasteiger partial charge in [-0.1, -0.05) is 32.9 Å². The van der Waals surface area contributed by atoms with Crippen LogP contribution in [0.1, 0.15) is 20.8 Å². The van der Waals surface area contributed by atoms with Crippen LogP contribution >= 0.6 is 0 Å². The van der Waals surface area contributed by atoms with Crippen molar-refractivity contribution in [1.82, 2.24) is 14.6 Å². The summed E-state index contributed by atoms with van der Waals surface area (Å²) in [5, 5.41) is 7.21. The Morgan fingerprint density at radius 1 is 1.12 bits per heavy atom. The molecule has 2 aromatic heterocycles. The first-order chi connectivity index (χ1) is 11.4. The zero-order chi connectivity index (χ0) is 17.3. The summed E-state index contributed by atoms with van der Waals surface area (Å²) in [7, 11) is 1.58. The van der Waals surface area contributed by atoms with E-state index in [1.165, 1.54) is 0 Å². The van der Waals surface area contributed by atoms with Crippen molar-refractivity contribution in [2.45, 2.75) is 20.8 Å². The van der Waals surface area contributed by atoms with Crippen LogP contribution in [0.5, 0.6) is 5.88 Å². The summed E-state index contributed by atoms with van der Waals surface area (Å²) in [6, 6.07) is 11.2. The minimum atomic E-state index is -0.426. The number of anilines is 1. The van der Waals surface area contributed by atoms with Gasteiger partial charge in [0.15, 0.2) is 5.65 Å². The van der Waals surface area contributed by atoms with E-state index in [9.17, 15) is 4.79 Å². The lowest BCUT2D eigenvalue weighted by Gasteiger charge is -2.17. The van der Waals surface area contributed by atoms with Gasteiger partial charge in [-0.25, -0.2) is 9.50 Å². The monoisotopic (exact) mass is 324 g/mol. The molecule has 0 atom stereocenters. The largest absolute Gasteiger partial charge is 0.480 e. The number of carbonyl (C=O) groups is 1. The molecule has 6 nitrogen and oxygen atoms in total. The number of hydrogen-bond donors (Lipinski definition) is 1. The van der Waals surface area contributed by atoms with E-state index in [1.807, 2.05) is 57.3 Å². The molecule has 1 aromatic carbocycles. The van der Waals surface area contributed by atoms with Gasteiger partial charge in [-0.2, -0.15) is 0 Å². The molecule has 1 amide bonds. The van der Waals surface area contributed by atoms with Gasteiger partial charge in [0.1, 0.15) is 0 Å². The van der Waals surface area contributed by atoms with Crippen molar-refractivity contribution in [1.29, 1.82) is 0 Å². The van der Waals surface area contributed by atoms with Crippen LogP contribution in [-0.4, -0.2) is 27.6 Å². The van der Waals surface area contributed by atoms with Crippen molar-refractivity contribution < 1.29 is 9.53 Å². The molecule has 0 unspecified atom stereocenters. The Labute approximate surface area is 140 Å². The Morgan fingerprint density at radius 2 is 1.83 bits per heavy atom. The van der Waals surface area contributed by atoms with Crippen LogP contribution in [0.3, 0.4) is 0 Å². The number of rotatable bonds is 3. The van der Waals surface area contributed by atoms with Crippen LogP contribution in [-0.2, 0) is 4.79 Å². The molecule has 24 heavy (non-hydrogen) atoms. The summed E-state index contributed by atoms with van der Waals surface area (Å²) in [6.07, 6.45) is 1.85. The fourth-order valence-electron chi connectivity index (χ4n) is 2.16. The third kappa shape index (κ3) is 3.22. The Morgan fingerprint density at radius 3 is 2.46 bits per heavy atom. The van der Waals surface area contributed by atoms with Crippen molar-refractivity contribution in [3.05, 3.63) is 42.6 Å². The van der Waals surface area contributed by atoms with E-state index in [2.05, 4.69) is 15.4 Å². The highest BCUT2D eigenvalue weighted by molar-refractivity contribution is 5.94. The second-order valence-corrected chi connectivity index (χ2v) is 6.59. The SMILES string of the molecule is COc1ccc2nc(-c3ccc(NC(=O)C(C)(C)C)cc3)cn2n1. The van der Waals surface area contributed by atoms with Crippen LogP contribution < -0.4 is 10.1 Å². The molecule has 3 rings (SSSR count). The van der Waals surface area contributed by atoms with E-state index in [4.69, 9.17) is 4.74 Å². The molecule has 3 aromatic rings. The third-order valence-corrected chi connectivity index (χ3v) is 3.62.